The van der Waals surface area contributed by atoms with Crippen molar-refractivity contribution in [3.63, 3.8) is 0 Å². The Kier molecular flexibility index (Phi) is 8.93. The Balaban J connectivity index is 0.887. The van der Waals surface area contributed by atoms with Gasteiger partial charge in [0.2, 0.25) is 0 Å². The maximum Gasteiger partial charge on any atom is 0.102 e. The maximum absolute atomic E-state index is 7.28. The van der Waals surface area contributed by atoms with Crippen molar-refractivity contribution in [2.45, 2.75) is 198 Å². The van der Waals surface area contributed by atoms with E-state index in [-0.39, 0.29) is 0 Å². The summed E-state index contributed by atoms with van der Waals surface area (Å²) in [5.74, 6) is 9.10. The predicted molar refractivity (Wildman–Crippen MR) is 197 cm³/mol. The third-order valence-electron chi connectivity index (χ3n) is 17.8. The Morgan fingerprint density at radius 3 is 2.04 bits per heavy atom. The monoisotopic (exact) mass is 655 g/mol. The molecule has 11 atom stereocenters. The van der Waals surface area contributed by atoms with Crippen molar-refractivity contribution >= 4 is 5.71 Å². The van der Waals surface area contributed by atoms with Gasteiger partial charge in [-0.05, 0) is 174 Å². The summed E-state index contributed by atoms with van der Waals surface area (Å²) in [6.45, 7) is 0. The maximum atomic E-state index is 7.28. The molecule has 2 heterocycles. The van der Waals surface area contributed by atoms with Crippen LogP contribution in [-0.4, -0.2) is 30.1 Å². The Bertz CT molecular complexity index is 1190. The van der Waals surface area contributed by atoms with E-state index in [2.05, 4.69) is 11.4 Å². The first-order valence-corrected chi connectivity index (χ1v) is 22.5. The first kappa shape index (κ1) is 32.0. The summed E-state index contributed by atoms with van der Waals surface area (Å²) in [5, 5.41) is 4.23. The first-order chi connectivity index (χ1) is 23.8. The molecule has 0 aromatic rings. The molecule has 0 bridgehead atoms. The summed E-state index contributed by atoms with van der Waals surface area (Å²) in [6.07, 6.45) is 43.5. The molecular formula is C45H70N2O. The summed E-state index contributed by atoms with van der Waals surface area (Å²) in [6, 6.07) is 0.727. The second-order valence-electron chi connectivity index (χ2n) is 19.6. The molecule has 10 rings (SSSR count). The van der Waals surface area contributed by atoms with Gasteiger partial charge in [-0.15, -0.1) is 0 Å². The van der Waals surface area contributed by atoms with Gasteiger partial charge in [-0.25, -0.2) is 0 Å². The molecule has 2 aliphatic heterocycles. The highest BCUT2D eigenvalue weighted by atomic mass is 16.5. The van der Waals surface area contributed by atoms with Crippen LogP contribution in [-0.2, 0) is 4.74 Å². The van der Waals surface area contributed by atoms with Crippen molar-refractivity contribution in [3.05, 3.63) is 11.6 Å². The lowest BCUT2D eigenvalue weighted by atomic mass is 9.48. The predicted octanol–water partition coefficient (Wildman–Crippen LogP) is 11.2. The molecule has 7 saturated carbocycles. The van der Waals surface area contributed by atoms with Gasteiger partial charge in [0.1, 0.15) is 6.17 Å². The molecule has 1 spiro atoms. The molecule has 8 aliphatic carbocycles. The molecule has 1 saturated heterocycles. The Morgan fingerprint density at radius 1 is 0.583 bits per heavy atom. The average Bonchev–Trinajstić information content (AvgIpc) is 3.45. The van der Waals surface area contributed by atoms with Gasteiger partial charge >= 0.3 is 0 Å². The zero-order chi connectivity index (χ0) is 31.7. The standard InChI is InChI=1S/C45H70N2O/c1-2-12-30(13-3-1)43-35-16-6-10-20-40(35)46-44(47-43)31-24-22-29(23-25-31)32-26-27-42-39(28-32)45(38-19-9-11-21-41(38)48-42)36-17-7-4-14-33(36)34-15-5-8-18-37(34)45/h19,29-37,39-42,44,46H,1-18,20-28H2. The number of allylic oxidation sites excluding steroid dienone is 1. The minimum absolute atomic E-state index is 0.424. The third-order valence-corrected chi connectivity index (χ3v) is 17.8. The van der Waals surface area contributed by atoms with E-state index in [1.54, 1.807) is 31.4 Å². The number of hydrogen-bond acceptors (Lipinski definition) is 3. The van der Waals surface area contributed by atoms with Crippen LogP contribution in [0.4, 0.5) is 0 Å². The molecule has 266 valence electrons. The molecule has 3 nitrogen and oxygen atoms in total. The number of nitrogens with zero attached hydrogens (tertiary/aromatic N) is 1. The highest BCUT2D eigenvalue weighted by Crippen LogP contribution is 2.73. The minimum Gasteiger partial charge on any atom is -0.370 e. The number of hydrogen-bond donors (Lipinski definition) is 1. The Morgan fingerprint density at radius 2 is 1.25 bits per heavy atom. The van der Waals surface area contributed by atoms with E-state index >= 15 is 0 Å². The zero-order valence-corrected chi connectivity index (χ0v) is 30.6. The summed E-state index contributed by atoms with van der Waals surface area (Å²) < 4.78 is 7.28. The number of rotatable bonds is 3. The Labute approximate surface area is 294 Å². The van der Waals surface area contributed by atoms with Gasteiger partial charge in [0.25, 0.3) is 0 Å². The van der Waals surface area contributed by atoms with Crippen LogP contribution in [0.25, 0.3) is 0 Å². The molecule has 8 fully saturated rings. The van der Waals surface area contributed by atoms with Crippen molar-refractivity contribution in [2.24, 2.45) is 69.6 Å². The molecule has 0 radical (unpaired) electrons. The third kappa shape index (κ3) is 5.24. The van der Waals surface area contributed by atoms with Crippen LogP contribution >= 0.6 is 0 Å². The fourth-order valence-corrected chi connectivity index (χ4v) is 16.1. The molecule has 0 aromatic heterocycles. The van der Waals surface area contributed by atoms with E-state index in [1.807, 2.05) is 5.57 Å². The van der Waals surface area contributed by atoms with Gasteiger partial charge < -0.3 is 4.74 Å². The van der Waals surface area contributed by atoms with Gasteiger partial charge in [0.05, 0.1) is 12.2 Å². The van der Waals surface area contributed by atoms with E-state index in [9.17, 15) is 0 Å². The molecule has 48 heavy (non-hydrogen) atoms. The molecule has 11 unspecified atom stereocenters. The molecule has 0 amide bonds. The van der Waals surface area contributed by atoms with Crippen molar-refractivity contribution in [1.82, 2.24) is 5.32 Å². The van der Waals surface area contributed by atoms with Gasteiger partial charge in [0, 0.05) is 23.1 Å². The summed E-state index contributed by atoms with van der Waals surface area (Å²) in [7, 11) is 0. The fraction of sp³-hybridized carbons (Fsp3) is 0.933. The van der Waals surface area contributed by atoms with Crippen LogP contribution in [0.15, 0.2) is 16.6 Å². The largest absolute Gasteiger partial charge is 0.370 e. The lowest BCUT2D eigenvalue weighted by molar-refractivity contribution is -0.168. The normalized spacial score (nSPS) is 51.0. The van der Waals surface area contributed by atoms with E-state index in [4.69, 9.17) is 9.73 Å². The smallest absolute Gasteiger partial charge is 0.102 e. The molecule has 10 aliphatic rings. The zero-order valence-electron chi connectivity index (χ0n) is 30.6. The van der Waals surface area contributed by atoms with Gasteiger partial charge in [-0.2, -0.15) is 0 Å². The van der Waals surface area contributed by atoms with Crippen molar-refractivity contribution in [3.8, 4) is 0 Å². The van der Waals surface area contributed by atoms with Crippen LogP contribution in [0.2, 0.25) is 0 Å². The van der Waals surface area contributed by atoms with Crippen LogP contribution in [0.1, 0.15) is 173 Å². The molecule has 1 N–H and O–H groups in total. The van der Waals surface area contributed by atoms with Crippen molar-refractivity contribution < 1.29 is 4.74 Å². The van der Waals surface area contributed by atoms with Crippen molar-refractivity contribution in [1.29, 1.82) is 0 Å². The number of aliphatic imine (C=N–C) groups is 1. The highest BCUT2D eigenvalue weighted by Gasteiger charge is 2.68. The molecule has 0 aromatic carbocycles. The number of ether oxygens (including phenoxy) is 1. The van der Waals surface area contributed by atoms with E-state index < -0.39 is 0 Å². The first-order valence-electron chi connectivity index (χ1n) is 22.5. The number of fused-ring (bicyclic) bond motifs is 10. The van der Waals surface area contributed by atoms with Crippen LogP contribution < -0.4 is 5.32 Å². The second kappa shape index (κ2) is 13.4. The molecular weight excluding hydrogens is 585 g/mol. The quantitative estimate of drug-likeness (QED) is 0.307. The highest BCUT2D eigenvalue weighted by molar-refractivity contribution is 5.90. The van der Waals surface area contributed by atoms with Crippen LogP contribution in [0.3, 0.4) is 0 Å². The Hall–Kier alpha value is -0.670. The van der Waals surface area contributed by atoms with E-state index in [0.717, 1.165) is 65.2 Å². The topological polar surface area (TPSA) is 33.6 Å². The van der Waals surface area contributed by atoms with Gasteiger partial charge in [0.15, 0.2) is 0 Å². The van der Waals surface area contributed by atoms with Gasteiger partial charge in [-0.3, -0.25) is 10.3 Å². The summed E-state index contributed by atoms with van der Waals surface area (Å²) in [4.78, 5) is 5.75. The minimum atomic E-state index is 0.424. The molecule has 3 heteroatoms. The van der Waals surface area contributed by atoms with E-state index in [1.165, 1.54) is 148 Å². The SMILES string of the molecule is C1=C2C(CCC1)OC1CCC(C3CCC(C4N=C(C5CCCCC5)C5CCCCC5N4)CC3)CC1C21C2CCCCC2C2CCCCC21. The fourth-order valence-electron chi connectivity index (χ4n) is 16.1. The lowest BCUT2D eigenvalue weighted by Gasteiger charge is -2.61. The lowest BCUT2D eigenvalue weighted by Crippen LogP contribution is -2.58. The average molecular weight is 655 g/mol. The number of nitrogens with one attached hydrogen (secondary N) is 1. The second-order valence-corrected chi connectivity index (χ2v) is 19.6. The van der Waals surface area contributed by atoms with Crippen molar-refractivity contribution in [2.75, 3.05) is 0 Å². The van der Waals surface area contributed by atoms with Crippen LogP contribution in [0.5, 0.6) is 0 Å². The van der Waals surface area contributed by atoms with Crippen LogP contribution in [0, 0.1) is 64.6 Å². The summed E-state index contributed by atoms with van der Waals surface area (Å²) >= 11 is 0. The summed E-state index contributed by atoms with van der Waals surface area (Å²) in [5.41, 5.74) is 4.12. The van der Waals surface area contributed by atoms with Gasteiger partial charge in [-0.1, -0.05) is 63.9 Å². The van der Waals surface area contributed by atoms with E-state index in [0.29, 0.717) is 23.8 Å².